The highest BCUT2D eigenvalue weighted by Crippen LogP contribution is 2.37. The third-order valence-electron chi connectivity index (χ3n) is 10.0. The number of piperidine rings is 1. The Hall–Kier alpha value is -3.18. The van der Waals surface area contributed by atoms with Crippen molar-refractivity contribution >= 4 is 30.1 Å². The average Bonchev–Trinajstić information content (AvgIpc) is 3.08. The number of carbonyl (C=O) groups excluding carboxylic acids is 3. The number of benzene rings is 2. The molecule has 3 amide bonds. The first-order valence-electron chi connectivity index (χ1n) is 17.0. The Kier molecular flexibility index (Phi) is 13.1. The Morgan fingerprint density at radius 3 is 2.19 bits per heavy atom. The van der Waals surface area contributed by atoms with Gasteiger partial charge in [-0.15, -0.1) is 12.4 Å². The van der Waals surface area contributed by atoms with E-state index in [1.807, 2.05) is 36.1 Å². The van der Waals surface area contributed by atoms with Crippen LogP contribution in [0.25, 0.3) is 0 Å². The van der Waals surface area contributed by atoms with E-state index < -0.39 is 17.7 Å². The Balaban J connectivity index is 0.00000500. The maximum Gasteiger partial charge on any atom is 0.251 e. The summed E-state index contributed by atoms with van der Waals surface area (Å²) in [4.78, 5) is 43.8. The maximum absolute atomic E-state index is 14.0. The zero-order chi connectivity index (χ0) is 32.7. The van der Waals surface area contributed by atoms with Crippen molar-refractivity contribution in [2.24, 2.45) is 5.92 Å². The molecule has 2 atom stereocenters. The second-order valence-electron chi connectivity index (χ2n) is 12.9. The first kappa shape index (κ1) is 36.7. The fraction of sp³-hybridized carbons (Fsp3) is 0.583. The van der Waals surface area contributed by atoms with Gasteiger partial charge in [0.05, 0.1) is 12.2 Å². The van der Waals surface area contributed by atoms with Crippen LogP contribution in [0.15, 0.2) is 48.5 Å². The number of halogens is 1. The molecule has 3 aliphatic rings. The highest BCUT2D eigenvalue weighted by atomic mass is 35.5. The van der Waals surface area contributed by atoms with E-state index in [9.17, 15) is 19.5 Å². The van der Waals surface area contributed by atoms with Gasteiger partial charge in [-0.2, -0.15) is 0 Å². The summed E-state index contributed by atoms with van der Waals surface area (Å²) >= 11 is 0. The van der Waals surface area contributed by atoms with Crippen molar-refractivity contribution < 1.29 is 29.0 Å². The van der Waals surface area contributed by atoms with Crippen molar-refractivity contribution in [3.05, 3.63) is 59.7 Å². The van der Waals surface area contributed by atoms with Gasteiger partial charge < -0.3 is 30.1 Å². The molecule has 258 valence electrons. The molecule has 3 N–H and O–H groups in total. The van der Waals surface area contributed by atoms with Gasteiger partial charge in [0.2, 0.25) is 11.8 Å². The lowest BCUT2D eigenvalue weighted by atomic mass is 9.77. The number of ether oxygens (including phenoxy) is 2. The number of hydrogen-bond donors (Lipinski definition) is 3. The summed E-state index contributed by atoms with van der Waals surface area (Å²) < 4.78 is 11.7. The number of hydrogen-bond acceptors (Lipinski definition) is 7. The van der Waals surface area contributed by atoms with Crippen LogP contribution in [0.2, 0.25) is 0 Å². The summed E-state index contributed by atoms with van der Waals surface area (Å²) in [6.07, 6.45) is 5.50. The lowest BCUT2D eigenvalue weighted by Crippen LogP contribution is -2.75. The van der Waals surface area contributed by atoms with Gasteiger partial charge in [0.15, 0.2) is 0 Å². The molecule has 0 aromatic heterocycles. The van der Waals surface area contributed by atoms with Gasteiger partial charge >= 0.3 is 0 Å². The highest BCUT2D eigenvalue weighted by Gasteiger charge is 2.55. The van der Waals surface area contributed by atoms with Crippen LogP contribution in [0.5, 0.6) is 11.5 Å². The standard InChI is InChI=1S/C36H50N4O6.ClH/c1-4-6-21-40-34(43)31(32(41)26-9-15-28(16-10-26)45-5-2)38-35(44)36(40)19-22-39(23-20-36)24-25-7-13-29(14-8-25)46-30-17-11-27(12-18-30)33(42)37-3;/h7-8,11-14,17-18,26,28,31-32,41H,4-6,9-10,15-16,19-24H2,1-3H3,(H,37,42)(H,38,44);1H/t26?,28?,31-,32-;/m1./s1. The molecule has 2 aromatic carbocycles. The Morgan fingerprint density at radius 2 is 1.62 bits per heavy atom. The summed E-state index contributed by atoms with van der Waals surface area (Å²) in [7, 11) is 1.60. The summed E-state index contributed by atoms with van der Waals surface area (Å²) in [5.74, 6) is 0.925. The predicted molar refractivity (Wildman–Crippen MR) is 183 cm³/mol. The Labute approximate surface area is 285 Å². The largest absolute Gasteiger partial charge is 0.457 e. The molecule has 1 spiro atoms. The molecular formula is C36H51ClN4O6. The lowest BCUT2D eigenvalue weighted by molar-refractivity contribution is -0.166. The molecule has 2 saturated heterocycles. The third kappa shape index (κ3) is 8.46. The van der Waals surface area contributed by atoms with Gasteiger partial charge in [-0.1, -0.05) is 25.5 Å². The molecule has 5 rings (SSSR count). The molecule has 2 heterocycles. The van der Waals surface area contributed by atoms with Gasteiger partial charge in [-0.3, -0.25) is 19.3 Å². The van der Waals surface area contributed by atoms with Crippen molar-refractivity contribution in [3.8, 4) is 11.5 Å². The van der Waals surface area contributed by atoms with Crippen molar-refractivity contribution in [2.45, 2.75) is 95.5 Å². The van der Waals surface area contributed by atoms with Crippen LogP contribution in [0.4, 0.5) is 0 Å². The maximum atomic E-state index is 14.0. The van der Waals surface area contributed by atoms with E-state index in [0.717, 1.165) is 50.6 Å². The van der Waals surface area contributed by atoms with Gasteiger partial charge in [-0.05, 0) is 99.7 Å². The second kappa shape index (κ2) is 16.8. The SMILES string of the molecule is CCCCN1C(=O)[C@@H]([C@H](O)C2CCC(OCC)CC2)NC(=O)C12CCN(Cc1ccc(Oc3ccc(C(=O)NC)cc3)cc1)CC2.Cl. The number of nitrogens with zero attached hydrogens (tertiary/aromatic N) is 2. The molecule has 3 fully saturated rings. The van der Waals surface area contributed by atoms with Gasteiger partial charge in [0.25, 0.3) is 5.91 Å². The first-order valence-corrected chi connectivity index (χ1v) is 17.0. The van der Waals surface area contributed by atoms with Crippen LogP contribution in [0.1, 0.15) is 81.1 Å². The number of likely N-dealkylation sites (tertiary alicyclic amines) is 1. The molecule has 0 unspecified atom stereocenters. The summed E-state index contributed by atoms with van der Waals surface area (Å²) in [5.41, 5.74) is 0.828. The first-order chi connectivity index (χ1) is 22.3. The van der Waals surface area contributed by atoms with E-state index in [0.29, 0.717) is 56.1 Å². The fourth-order valence-corrected chi connectivity index (χ4v) is 7.27. The minimum atomic E-state index is -0.894. The van der Waals surface area contributed by atoms with Gasteiger partial charge in [0, 0.05) is 45.4 Å². The number of carbonyl (C=O) groups is 3. The smallest absolute Gasteiger partial charge is 0.251 e. The van der Waals surface area contributed by atoms with Crippen LogP contribution in [0.3, 0.4) is 0 Å². The number of amides is 3. The molecule has 11 heteroatoms. The molecule has 10 nitrogen and oxygen atoms in total. The number of piperazine rings is 1. The number of aliphatic hydroxyl groups is 1. The second-order valence-corrected chi connectivity index (χ2v) is 12.9. The molecule has 2 aliphatic heterocycles. The Bertz CT molecular complexity index is 1320. The number of unbranched alkanes of at least 4 members (excludes halogenated alkanes) is 1. The number of rotatable bonds is 12. The van der Waals surface area contributed by atoms with Crippen molar-refractivity contribution in [3.63, 3.8) is 0 Å². The van der Waals surface area contributed by atoms with E-state index in [2.05, 4.69) is 22.5 Å². The van der Waals surface area contributed by atoms with E-state index in [4.69, 9.17) is 9.47 Å². The van der Waals surface area contributed by atoms with Crippen molar-refractivity contribution in [1.82, 2.24) is 20.4 Å². The van der Waals surface area contributed by atoms with Crippen LogP contribution >= 0.6 is 12.4 Å². The summed E-state index contributed by atoms with van der Waals surface area (Å²) in [5, 5.41) is 17.0. The minimum absolute atomic E-state index is 0. The lowest BCUT2D eigenvalue weighted by Gasteiger charge is -2.52. The number of nitrogens with one attached hydrogen (secondary N) is 2. The zero-order valence-electron chi connectivity index (χ0n) is 27.9. The summed E-state index contributed by atoms with van der Waals surface area (Å²) in [6.45, 7) is 7.40. The monoisotopic (exact) mass is 670 g/mol. The number of aliphatic hydroxyl groups excluding tert-OH is 1. The molecule has 0 radical (unpaired) electrons. The van der Waals surface area contributed by atoms with Crippen LogP contribution < -0.4 is 15.4 Å². The summed E-state index contributed by atoms with van der Waals surface area (Å²) in [6, 6.07) is 14.1. The quantitative estimate of drug-likeness (QED) is 0.300. The van der Waals surface area contributed by atoms with Gasteiger partial charge in [-0.25, -0.2) is 0 Å². The zero-order valence-corrected chi connectivity index (χ0v) is 28.7. The van der Waals surface area contributed by atoms with E-state index in [1.165, 1.54) is 0 Å². The molecule has 1 saturated carbocycles. The van der Waals surface area contributed by atoms with Crippen LogP contribution in [-0.2, 0) is 20.9 Å². The third-order valence-corrected chi connectivity index (χ3v) is 10.0. The highest BCUT2D eigenvalue weighted by molar-refractivity contribution is 6.00. The minimum Gasteiger partial charge on any atom is -0.457 e. The van der Waals surface area contributed by atoms with Crippen LogP contribution in [0, 0.1) is 5.92 Å². The molecule has 0 bridgehead atoms. The van der Waals surface area contributed by atoms with E-state index >= 15 is 0 Å². The van der Waals surface area contributed by atoms with E-state index in [1.54, 1.807) is 31.3 Å². The normalized spacial score (nSPS) is 23.5. The molecule has 1 aliphatic carbocycles. The fourth-order valence-electron chi connectivity index (χ4n) is 7.27. The molecular weight excluding hydrogens is 620 g/mol. The van der Waals surface area contributed by atoms with Gasteiger partial charge in [0.1, 0.15) is 23.1 Å². The molecule has 2 aromatic rings. The molecule has 47 heavy (non-hydrogen) atoms. The van der Waals surface area contributed by atoms with Crippen LogP contribution in [-0.4, -0.2) is 89.7 Å². The van der Waals surface area contributed by atoms with E-state index in [-0.39, 0.29) is 42.2 Å². The van der Waals surface area contributed by atoms with Crippen molar-refractivity contribution in [1.29, 1.82) is 0 Å². The Morgan fingerprint density at radius 1 is 1.00 bits per heavy atom. The average molecular weight is 671 g/mol. The topological polar surface area (TPSA) is 120 Å². The van der Waals surface area contributed by atoms with Crippen molar-refractivity contribution in [2.75, 3.05) is 33.3 Å². The predicted octanol–water partition coefficient (Wildman–Crippen LogP) is 4.68.